The van der Waals surface area contributed by atoms with Crippen LogP contribution in [0.2, 0.25) is 0 Å². The summed E-state index contributed by atoms with van der Waals surface area (Å²) in [7, 11) is -3.35. The van der Waals surface area contributed by atoms with Crippen LogP contribution in [-0.2, 0) is 43.8 Å². The molecule has 0 bridgehead atoms. The van der Waals surface area contributed by atoms with E-state index < -0.39 is 57.5 Å². The van der Waals surface area contributed by atoms with Gasteiger partial charge in [0, 0.05) is 5.38 Å². The summed E-state index contributed by atoms with van der Waals surface area (Å²) in [5, 5.41) is 7.06. The third-order valence-electron chi connectivity index (χ3n) is 4.04. The second-order valence-corrected chi connectivity index (χ2v) is 8.75. The van der Waals surface area contributed by atoms with E-state index in [1.807, 2.05) is 0 Å². The van der Waals surface area contributed by atoms with E-state index in [1.165, 1.54) is 19.2 Å². The quantitative estimate of drug-likeness (QED) is 0.0828. The molecule has 2 heterocycles. The topological polar surface area (TPSA) is 220 Å². The largest absolute Gasteiger partial charge is 1.00 e. The van der Waals surface area contributed by atoms with Gasteiger partial charge in [0.2, 0.25) is 5.60 Å². The number of nitrogens with zero attached hydrogens (tertiary/aromatic N) is 3. The van der Waals surface area contributed by atoms with Gasteiger partial charge in [-0.15, -0.1) is 11.3 Å². The molecule has 176 valence electrons. The van der Waals surface area contributed by atoms with Crippen molar-refractivity contribution in [3.05, 3.63) is 11.1 Å². The Kier molecular flexibility index (Phi) is 9.35. The number of hydrogen-bond acceptors (Lipinski definition) is 14. The summed E-state index contributed by atoms with van der Waals surface area (Å²) in [5.74, 6) is -4.59. The first kappa shape index (κ1) is 28.7. The summed E-state index contributed by atoms with van der Waals surface area (Å²) < 4.78 is 42.5. The number of nitrogens with two attached hydrogens (primary N) is 1. The van der Waals surface area contributed by atoms with Gasteiger partial charge < -0.3 is 29.9 Å². The van der Waals surface area contributed by atoms with Gasteiger partial charge in [-0.2, -0.15) is 0 Å². The fourth-order valence-electron chi connectivity index (χ4n) is 2.46. The van der Waals surface area contributed by atoms with Crippen LogP contribution in [-0.4, -0.2) is 83.6 Å². The van der Waals surface area contributed by atoms with Crippen LogP contribution in [0.5, 0.6) is 0 Å². The van der Waals surface area contributed by atoms with Gasteiger partial charge in [-0.05, 0) is 13.8 Å². The van der Waals surface area contributed by atoms with Crippen molar-refractivity contribution in [3.8, 4) is 0 Å². The average molecular weight is 515 g/mol. The van der Waals surface area contributed by atoms with Crippen molar-refractivity contribution >= 4 is 56.2 Å². The zero-order valence-corrected chi connectivity index (χ0v) is 21.7. The minimum Gasteiger partial charge on any atom is -0.731 e. The number of esters is 2. The first-order valence-electron chi connectivity index (χ1n) is 8.48. The van der Waals surface area contributed by atoms with Crippen LogP contribution >= 0.6 is 11.3 Å². The Bertz CT molecular complexity index is 1090. The summed E-state index contributed by atoms with van der Waals surface area (Å²) >= 11 is 0.935. The van der Waals surface area contributed by atoms with Crippen LogP contribution < -0.4 is 40.6 Å². The Morgan fingerprint density at radius 3 is 2.36 bits per heavy atom. The van der Waals surface area contributed by atoms with Gasteiger partial charge in [0.15, 0.2) is 27.2 Å². The van der Waals surface area contributed by atoms with Crippen LogP contribution in [0.25, 0.3) is 0 Å². The number of rotatable bonds is 8. The van der Waals surface area contributed by atoms with Gasteiger partial charge >= 0.3 is 41.5 Å². The normalized spacial score (nSPS) is 18.5. The minimum atomic E-state index is -5.35. The SMILES string of the molecule is COC(=O)[C@H]1[C@@H](NC(=O)/C(=N\OC(C)(C)C(=O)OC)c2csc(N)n2)C(=O)N1S(=O)(=O)[O-].[Na+]. The van der Waals surface area contributed by atoms with E-state index in [2.05, 4.69) is 24.9 Å². The molecular weight excluding hydrogens is 497 g/mol. The van der Waals surface area contributed by atoms with Crippen molar-refractivity contribution in [1.29, 1.82) is 0 Å². The summed E-state index contributed by atoms with van der Waals surface area (Å²) in [6.07, 6.45) is 0. The second-order valence-electron chi connectivity index (χ2n) is 6.61. The first-order chi connectivity index (χ1) is 14.7. The molecule has 15 nitrogen and oxygen atoms in total. The molecule has 33 heavy (non-hydrogen) atoms. The molecule has 1 aromatic rings. The Balaban J connectivity index is 0.00000544. The van der Waals surface area contributed by atoms with Crippen molar-refractivity contribution in [2.45, 2.75) is 31.5 Å². The molecule has 0 spiro atoms. The number of hydrogen-bond donors (Lipinski definition) is 2. The molecule has 0 aromatic carbocycles. The number of nitrogens with one attached hydrogen (secondary N) is 1. The number of oxime groups is 1. The minimum absolute atomic E-state index is 0. The first-order valence-corrected chi connectivity index (χ1v) is 10.7. The molecule has 0 aliphatic carbocycles. The Hall–Kier alpha value is -2.31. The van der Waals surface area contributed by atoms with Crippen molar-refractivity contribution in [1.82, 2.24) is 14.6 Å². The van der Waals surface area contributed by atoms with Crippen LogP contribution in [0.15, 0.2) is 10.5 Å². The third-order valence-corrected chi connectivity index (χ3v) is 5.61. The molecule has 2 rings (SSSR count). The Morgan fingerprint density at radius 1 is 1.30 bits per heavy atom. The summed E-state index contributed by atoms with van der Waals surface area (Å²) in [4.78, 5) is 57.6. The van der Waals surface area contributed by atoms with Crippen LogP contribution in [0.1, 0.15) is 19.5 Å². The van der Waals surface area contributed by atoms with Crippen molar-refractivity contribution < 1.29 is 76.0 Å². The summed E-state index contributed by atoms with van der Waals surface area (Å²) in [6, 6.07) is -3.68. The molecule has 1 fully saturated rings. The van der Waals surface area contributed by atoms with Crippen molar-refractivity contribution in [3.63, 3.8) is 0 Å². The zero-order valence-electron chi connectivity index (χ0n) is 18.1. The smallest absolute Gasteiger partial charge is 0.731 e. The number of thiazole rings is 1. The molecule has 2 amide bonds. The molecule has 1 aromatic heterocycles. The fourth-order valence-corrected chi connectivity index (χ4v) is 3.83. The van der Waals surface area contributed by atoms with Gasteiger partial charge in [-0.25, -0.2) is 27.3 Å². The van der Waals surface area contributed by atoms with E-state index in [9.17, 15) is 32.1 Å². The molecular formula is C15H18N5NaO10S2. The molecule has 3 N–H and O–H groups in total. The number of β-lactam (4-membered cyclic amide) rings is 1. The molecule has 1 saturated heterocycles. The summed E-state index contributed by atoms with van der Waals surface area (Å²) in [5.41, 5.74) is 3.26. The van der Waals surface area contributed by atoms with E-state index in [4.69, 9.17) is 10.6 Å². The van der Waals surface area contributed by atoms with E-state index in [-0.39, 0.29) is 44.7 Å². The molecule has 0 radical (unpaired) electrons. The number of amides is 2. The van der Waals surface area contributed by atoms with Crippen molar-refractivity contribution in [2.75, 3.05) is 20.0 Å². The van der Waals surface area contributed by atoms with E-state index in [1.54, 1.807) is 0 Å². The standard InChI is InChI=1S/C15H19N5O10S2.Na/c1-15(2,13(24)29-4)30-19-7(6-5-31-14(16)17-6)10(21)18-8-9(12(23)28-3)20(11(8)22)32(25,26)27;/h5,8-9H,1-4H3,(H2,16,17)(H,18,21)(H,25,26,27);/q;+1/p-1/b19-7-;/t8-,9-;/m1./s1. The number of carbonyl (C=O) groups is 4. The average Bonchev–Trinajstić information content (AvgIpc) is 3.13. The van der Waals surface area contributed by atoms with Gasteiger partial charge in [0.1, 0.15) is 11.7 Å². The van der Waals surface area contributed by atoms with Gasteiger partial charge in [-0.1, -0.05) is 5.16 Å². The monoisotopic (exact) mass is 515 g/mol. The Morgan fingerprint density at radius 2 is 1.91 bits per heavy atom. The number of nitrogen functional groups attached to an aromatic ring is 1. The van der Waals surface area contributed by atoms with Crippen molar-refractivity contribution in [2.24, 2.45) is 5.16 Å². The zero-order chi connectivity index (χ0) is 24.4. The maximum absolute atomic E-state index is 12.8. The van der Waals surface area contributed by atoms with Gasteiger partial charge in [0.05, 0.1) is 14.2 Å². The second kappa shape index (κ2) is 10.7. The maximum atomic E-state index is 12.8. The number of anilines is 1. The molecule has 0 unspecified atom stereocenters. The maximum Gasteiger partial charge on any atom is 1.00 e. The predicted octanol–water partition coefficient (Wildman–Crippen LogP) is -5.27. The van der Waals surface area contributed by atoms with E-state index in [0.717, 1.165) is 25.6 Å². The number of carbonyl (C=O) groups excluding carboxylic acids is 4. The van der Waals surface area contributed by atoms with Crippen LogP contribution in [0.4, 0.5) is 5.13 Å². The van der Waals surface area contributed by atoms with E-state index in [0.29, 0.717) is 0 Å². The predicted molar refractivity (Wildman–Crippen MR) is 105 cm³/mol. The number of methoxy groups -OCH3 is 2. The molecule has 1 aliphatic rings. The molecule has 2 atom stereocenters. The number of aromatic nitrogens is 1. The molecule has 18 heteroatoms. The van der Waals surface area contributed by atoms with Gasteiger partial charge in [0.25, 0.3) is 11.8 Å². The molecule has 1 aliphatic heterocycles. The number of ether oxygens (including phenoxy) is 2. The molecule has 0 saturated carbocycles. The fraction of sp³-hybridized carbons (Fsp3) is 0.467. The van der Waals surface area contributed by atoms with Gasteiger partial charge in [-0.3, -0.25) is 9.59 Å². The van der Waals surface area contributed by atoms with Crippen LogP contribution in [0, 0.1) is 0 Å². The van der Waals surface area contributed by atoms with E-state index >= 15 is 0 Å². The Labute approximate surface area is 213 Å². The van der Waals surface area contributed by atoms with Crippen LogP contribution in [0.3, 0.4) is 0 Å². The summed E-state index contributed by atoms with van der Waals surface area (Å²) in [6.45, 7) is 2.60. The third kappa shape index (κ3) is 6.18.